The van der Waals surface area contributed by atoms with Gasteiger partial charge in [-0.25, -0.2) is 0 Å². The van der Waals surface area contributed by atoms with Crippen molar-refractivity contribution < 1.29 is 24.2 Å². The second-order valence-corrected chi connectivity index (χ2v) is 11.7. The molecule has 2 aromatic rings. The van der Waals surface area contributed by atoms with Crippen molar-refractivity contribution >= 4 is 40.7 Å². The van der Waals surface area contributed by atoms with Crippen LogP contribution >= 0.6 is 11.6 Å². The number of hydrogen-bond acceptors (Lipinski definition) is 5. The van der Waals surface area contributed by atoms with E-state index in [1.165, 1.54) is 4.90 Å². The maximum absolute atomic E-state index is 14.5. The van der Waals surface area contributed by atoms with E-state index in [9.17, 15) is 19.5 Å². The molecule has 5 rings (SSSR count). The predicted octanol–water partition coefficient (Wildman–Crippen LogP) is 4.08. The molecule has 216 valence electrons. The van der Waals surface area contributed by atoms with E-state index in [1.54, 1.807) is 46.2 Å². The molecule has 0 radical (unpaired) electrons. The normalized spacial score (nSPS) is 29.8. The number of rotatable bonds is 10. The standard InChI is InChI=1S/C32H36ClN3O5/c1-5-16-34(23-10-8-7-9-11-23)28(38)25-26-29(39)36(18-19-37)27(32(26)20-21(3)31(25,4)41-32)30(40)35(17-6-2)24-14-12-22(33)13-15-24/h5-15,21,25-27,37H,1-2,16-20H2,3-4H3/t21?,25-,26+,27?,31+,32?/m1/s1. The molecule has 0 aliphatic carbocycles. The number of aliphatic hydroxyl groups excluding tert-OH is 1. The van der Waals surface area contributed by atoms with Gasteiger partial charge >= 0.3 is 0 Å². The SMILES string of the molecule is C=CCN(C(=O)C1N(CCO)C(=O)[C@@H]2[C@H](C(=O)N(CC=C)c3ccccc3)[C@@]3(C)OC12CC3C)c1ccc(Cl)cc1. The Morgan fingerprint density at radius 2 is 1.63 bits per heavy atom. The summed E-state index contributed by atoms with van der Waals surface area (Å²) < 4.78 is 6.83. The van der Waals surface area contributed by atoms with Crippen molar-refractivity contribution in [2.24, 2.45) is 17.8 Å². The Hall–Kier alpha value is -3.46. The fourth-order valence-corrected chi connectivity index (χ4v) is 7.32. The third kappa shape index (κ3) is 4.49. The number of carbonyl (C=O) groups is 3. The molecule has 41 heavy (non-hydrogen) atoms. The number of benzene rings is 2. The summed E-state index contributed by atoms with van der Waals surface area (Å²) in [6, 6.07) is 15.1. The van der Waals surface area contributed by atoms with E-state index in [4.69, 9.17) is 16.3 Å². The van der Waals surface area contributed by atoms with Crippen molar-refractivity contribution in [3.63, 3.8) is 0 Å². The van der Waals surface area contributed by atoms with Gasteiger partial charge in [-0.05, 0) is 55.7 Å². The van der Waals surface area contributed by atoms with Gasteiger partial charge in [0.2, 0.25) is 11.8 Å². The maximum atomic E-state index is 14.5. The largest absolute Gasteiger partial charge is 0.395 e. The molecule has 1 spiro atoms. The van der Waals surface area contributed by atoms with Gasteiger partial charge in [-0.2, -0.15) is 0 Å². The lowest BCUT2D eigenvalue weighted by Crippen LogP contribution is -2.57. The van der Waals surface area contributed by atoms with Gasteiger partial charge in [0.1, 0.15) is 11.6 Å². The number of nitrogens with zero attached hydrogens (tertiary/aromatic N) is 3. The summed E-state index contributed by atoms with van der Waals surface area (Å²) in [6.07, 6.45) is 3.70. The van der Waals surface area contributed by atoms with Crippen LogP contribution in [0.3, 0.4) is 0 Å². The fourth-order valence-electron chi connectivity index (χ4n) is 7.19. The molecule has 0 saturated carbocycles. The molecule has 6 atom stereocenters. The van der Waals surface area contributed by atoms with Gasteiger partial charge in [0, 0.05) is 36.0 Å². The number of hydrogen-bond donors (Lipinski definition) is 1. The van der Waals surface area contributed by atoms with E-state index < -0.39 is 29.1 Å². The van der Waals surface area contributed by atoms with E-state index in [-0.39, 0.29) is 49.9 Å². The first-order chi connectivity index (χ1) is 19.6. The molecule has 2 aromatic carbocycles. The Kier molecular flexibility index (Phi) is 7.85. The molecule has 3 fully saturated rings. The lowest BCUT2D eigenvalue weighted by Gasteiger charge is -2.39. The summed E-state index contributed by atoms with van der Waals surface area (Å²) in [4.78, 5) is 47.8. The minimum Gasteiger partial charge on any atom is -0.395 e. The highest BCUT2D eigenvalue weighted by molar-refractivity contribution is 6.30. The van der Waals surface area contributed by atoms with Crippen molar-refractivity contribution in [2.75, 3.05) is 36.0 Å². The number of likely N-dealkylation sites (tertiary alicyclic amines) is 1. The molecule has 3 heterocycles. The molecule has 3 aliphatic heterocycles. The van der Waals surface area contributed by atoms with Crippen LogP contribution in [0.15, 0.2) is 79.9 Å². The van der Waals surface area contributed by atoms with Gasteiger partial charge in [0.25, 0.3) is 5.91 Å². The quantitative estimate of drug-likeness (QED) is 0.430. The number of ether oxygens (including phenoxy) is 1. The van der Waals surface area contributed by atoms with E-state index in [0.29, 0.717) is 22.8 Å². The van der Waals surface area contributed by atoms with Gasteiger partial charge in [-0.3, -0.25) is 14.4 Å². The lowest BCUT2D eigenvalue weighted by molar-refractivity contribution is -0.146. The zero-order chi connectivity index (χ0) is 29.5. The molecule has 3 saturated heterocycles. The number of para-hydroxylation sites is 1. The van der Waals surface area contributed by atoms with Crippen molar-refractivity contribution in [3.8, 4) is 0 Å². The van der Waals surface area contributed by atoms with Gasteiger partial charge in [-0.15, -0.1) is 13.2 Å². The van der Waals surface area contributed by atoms with Crippen LogP contribution in [-0.2, 0) is 19.1 Å². The summed E-state index contributed by atoms with van der Waals surface area (Å²) in [5.41, 5.74) is -0.925. The number of carbonyl (C=O) groups excluding carboxylic acids is 3. The summed E-state index contributed by atoms with van der Waals surface area (Å²) >= 11 is 6.11. The van der Waals surface area contributed by atoms with Crippen LogP contribution in [0.2, 0.25) is 5.02 Å². The highest BCUT2D eigenvalue weighted by Gasteiger charge is 2.80. The minimum atomic E-state index is -1.24. The molecule has 3 aliphatic rings. The van der Waals surface area contributed by atoms with E-state index in [0.717, 1.165) is 0 Å². The maximum Gasteiger partial charge on any atom is 0.253 e. The second-order valence-electron chi connectivity index (χ2n) is 11.2. The van der Waals surface area contributed by atoms with Crippen molar-refractivity contribution in [2.45, 2.75) is 37.5 Å². The first-order valence-electron chi connectivity index (χ1n) is 13.9. The highest BCUT2D eigenvalue weighted by Crippen LogP contribution is 2.65. The Bertz CT molecular complexity index is 1350. The van der Waals surface area contributed by atoms with Gasteiger partial charge in [0.05, 0.1) is 24.0 Å². The van der Waals surface area contributed by atoms with E-state index >= 15 is 0 Å². The van der Waals surface area contributed by atoms with Crippen LogP contribution in [0, 0.1) is 17.8 Å². The number of anilines is 2. The van der Waals surface area contributed by atoms with Gasteiger partial charge in [0.15, 0.2) is 0 Å². The zero-order valence-corrected chi connectivity index (χ0v) is 24.2. The summed E-state index contributed by atoms with van der Waals surface area (Å²) in [5.74, 6) is -2.79. The Balaban J connectivity index is 1.61. The Morgan fingerprint density at radius 3 is 2.22 bits per heavy atom. The second kappa shape index (κ2) is 11.1. The van der Waals surface area contributed by atoms with E-state index in [1.807, 2.05) is 44.2 Å². The number of halogens is 1. The Morgan fingerprint density at radius 1 is 1.05 bits per heavy atom. The predicted molar refractivity (Wildman–Crippen MR) is 159 cm³/mol. The summed E-state index contributed by atoms with van der Waals surface area (Å²) in [5, 5.41) is 10.5. The number of amides is 3. The van der Waals surface area contributed by atoms with E-state index in [2.05, 4.69) is 13.2 Å². The first-order valence-corrected chi connectivity index (χ1v) is 14.3. The number of fused-ring (bicyclic) bond motifs is 1. The smallest absolute Gasteiger partial charge is 0.253 e. The van der Waals surface area contributed by atoms with Crippen molar-refractivity contribution in [3.05, 3.63) is 84.9 Å². The molecule has 9 heteroatoms. The third-order valence-electron chi connectivity index (χ3n) is 9.02. The van der Waals surface area contributed by atoms with Gasteiger partial charge in [-0.1, -0.05) is 48.9 Å². The van der Waals surface area contributed by atoms with Crippen LogP contribution in [-0.4, -0.2) is 71.2 Å². The van der Waals surface area contributed by atoms with Crippen molar-refractivity contribution in [1.29, 1.82) is 0 Å². The van der Waals surface area contributed by atoms with Crippen LogP contribution in [0.1, 0.15) is 20.3 Å². The van der Waals surface area contributed by atoms with Crippen molar-refractivity contribution in [1.82, 2.24) is 4.90 Å². The molecule has 1 N–H and O–H groups in total. The van der Waals surface area contributed by atoms with Gasteiger partial charge < -0.3 is 24.5 Å². The monoisotopic (exact) mass is 577 g/mol. The Labute approximate surface area is 245 Å². The van der Waals surface area contributed by atoms with Crippen LogP contribution in [0.4, 0.5) is 11.4 Å². The molecular formula is C32H36ClN3O5. The topological polar surface area (TPSA) is 90.4 Å². The van der Waals surface area contributed by atoms with Crippen LogP contribution in [0.25, 0.3) is 0 Å². The zero-order valence-electron chi connectivity index (χ0n) is 23.4. The highest BCUT2D eigenvalue weighted by atomic mass is 35.5. The lowest BCUT2D eigenvalue weighted by atomic mass is 9.62. The summed E-state index contributed by atoms with van der Waals surface area (Å²) in [7, 11) is 0. The molecule has 3 unspecified atom stereocenters. The van der Waals surface area contributed by atoms with Crippen LogP contribution in [0.5, 0.6) is 0 Å². The molecule has 3 amide bonds. The minimum absolute atomic E-state index is 0.0551. The first kappa shape index (κ1) is 29.0. The molecule has 0 aromatic heterocycles. The number of aliphatic hydroxyl groups is 1. The van der Waals surface area contributed by atoms with Crippen LogP contribution < -0.4 is 9.80 Å². The fraction of sp³-hybridized carbons (Fsp3) is 0.406. The molecule has 8 nitrogen and oxygen atoms in total. The molecular weight excluding hydrogens is 542 g/mol. The summed E-state index contributed by atoms with van der Waals surface area (Å²) in [6.45, 7) is 11.6. The number of β-amino-alcohol motifs (C(OH)–C–C–N with tert-alkyl or cyclic N) is 1. The average Bonchev–Trinajstić information content (AvgIpc) is 3.47. The average molecular weight is 578 g/mol. The molecule has 2 bridgehead atoms. The third-order valence-corrected chi connectivity index (χ3v) is 9.27.